The van der Waals surface area contributed by atoms with Gasteiger partial charge in [0.1, 0.15) is 5.82 Å². The van der Waals surface area contributed by atoms with Crippen LogP contribution in [0, 0.1) is 4.77 Å². The first-order valence-electron chi connectivity index (χ1n) is 14.3. The SMILES string of the molecule is COc1cc2nc(=S)n(CCCC(=O)c3cc4cc(-c5ccc(C(=O)NCCN(C)C)cc5)ccc4[nH]3)c(N)c2cc1OC. The number of amides is 1. The molecule has 0 aliphatic heterocycles. The number of hydrogen-bond acceptors (Lipinski definition) is 8. The molecule has 10 nitrogen and oxygen atoms in total. The average Bonchev–Trinajstić information content (AvgIpc) is 3.45. The highest BCUT2D eigenvalue weighted by atomic mass is 32.1. The van der Waals surface area contributed by atoms with Crippen LogP contribution >= 0.6 is 12.2 Å². The minimum Gasteiger partial charge on any atom is -0.493 e. The van der Waals surface area contributed by atoms with Crippen LogP contribution in [-0.2, 0) is 6.54 Å². The highest BCUT2D eigenvalue weighted by Gasteiger charge is 2.15. The van der Waals surface area contributed by atoms with Crippen LogP contribution in [0.25, 0.3) is 32.9 Å². The number of rotatable bonds is 12. The molecule has 0 aliphatic rings. The summed E-state index contributed by atoms with van der Waals surface area (Å²) in [4.78, 5) is 35.3. The van der Waals surface area contributed by atoms with Crippen LogP contribution in [0.5, 0.6) is 11.5 Å². The minimum absolute atomic E-state index is 0.00220. The number of carbonyl (C=O) groups is 2. The van der Waals surface area contributed by atoms with Gasteiger partial charge in [0, 0.05) is 54.0 Å². The fraction of sp³-hybridized carbons (Fsp3) is 0.273. The van der Waals surface area contributed by atoms with Gasteiger partial charge in [-0.3, -0.25) is 9.59 Å². The number of fused-ring (bicyclic) bond motifs is 2. The lowest BCUT2D eigenvalue weighted by molar-refractivity contribution is 0.0948. The number of nitrogens with two attached hydrogens (primary N) is 1. The largest absolute Gasteiger partial charge is 0.493 e. The van der Waals surface area contributed by atoms with Crippen LogP contribution in [0.4, 0.5) is 5.82 Å². The van der Waals surface area contributed by atoms with Crippen molar-refractivity contribution < 1.29 is 19.1 Å². The molecule has 5 rings (SSSR count). The van der Waals surface area contributed by atoms with E-state index >= 15 is 0 Å². The summed E-state index contributed by atoms with van der Waals surface area (Å²) < 4.78 is 12.9. The number of ketones is 1. The molecule has 2 heterocycles. The molecule has 5 aromatic rings. The maximum Gasteiger partial charge on any atom is 0.251 e. The van der Waals surface area contributed by atoms with Gasteiger partial charge in [0.2, 0.25) is 4.77 Å². The van der Waals surface area contributed by atoms with E-state index in [9.17, 15) is 9.59 Å². The van der Waals surface area contributed by atoms with Gasteiger partial charge in [-0.1, -0.05) is 18.2 Å². The monoisotopic (exact) mass is 612 g/mol. The van der Waals surface area contributed by atoms with Crippen molar-refractivity contribution in [3.8, 4) is 22.6 Å². The van der Waals surface area contributed by atoms with Gasteiger partial charge in [0.05, 0.1) is 25.4 Å². The van der Waals surface area contributed by atoms with Gasteiger partial charge < -0.3 is 35.0 Å². The molecule has 0 aliphatic carbocycles. The average molecular weight is 613 g/mol. The predicted molar refractivity (Wildman–Crippen MR) is 176 cm³/mol. The molecule has 0 unspecified atom stereocenters. The number of Topliss-reactive ketones (excluding diaryl/α,β-unsaturated/α-hetero) is 1. The molecule has 11 heteroatoms. The summed E-state index contributed by atoms with van der Waals surface area (Å²) >= 11 is 5.51. The maximum absolute atomic E-state index is 13.1. The number of nitrogen functional groups attached to an aromatic ring is 1. The zero-order valence-corrected chi connectivity index (χ0v) is 26.1. The summed E-state index contributed by atoms with van der Waals surface area (Å²) in [7, 11) is 7.06. The molecule has 3 aromatic carbocycles. The van der Waals surface area contributed by atoms with Crippen molar-refractivity contribution in [2.45, 2.75) is 19.4 Å². The fourth-order valence-electron chi connectivity index (χ4n) is 5.10. The van der Waals surface area contributed by atoms with Crippen molar-refractivity contribution in [2.75, 3.05) is 47.1 Å². The molecule has 0 spiro atoms. The second-order valence-corrected chi connectivity index (χ2v) is 11.2. The summed E-state index contributed by atoms with van der Waals surface area (Å²) in [6, 6.07) is 18.9. The number of anilines is 1. The van der Waals surface area contributed by atoms with Gasteiger partial charge in [-0.15, -0.1) is 0 Å². The Morgan fingerprint density at radius 1 is 1.00 bits per heavy atom. The predicted octanol–water partition coefficient (Wildman–Crippen LogP) is 5.47. The molecule has 0 saturated carbocycles. The molecule has 2 aromatic heterocycles. The lowest BCUT2D eigenvalue weighted by Crippen LogP contribution is -2.31. The summed E-state index contributed by atoms with van der Waals surface area (Å²) in [5, 5.41) is 4.57. The van der Waals surface area contributed by atoms with Crippen molar-refractivity contribution in [2.24, 2.45) is 0 Å². The summed E-state index contributed by atoms with van der Waals surface area (Å²) in [6.07, 6.45) is 0.844. The van der Waals surface area contributed by atoms with Crippen LogP contribution in [-0.4, -0.2) is 72.5 Å². The minimum atomic E-state index is -0.0922. The molecule has 0 bridgehead atoms. The Bertz CT molecular complexity index is 1900. The number of ether oxygens (including phenoxy) is 2. The van der Waals surface area contributed by atoms with Gasteiger partial charge in [-0.2, -0.15) is 0 Å². The number of aromatic amines is 1. The number of methoxy groups -OCH3 is 2. The first kappa shape index (κ1) is 30.7. The lowest BCUT2D eigenvalue weighted by Gasteiger charge is -2.15. The van der Waals surface area contributed by atoms with Gasteiger partial charge in [-0.25, -0.2) is 4.98 Å². The van der Waals surface area contributed by atoms with Crippen molar-refractivity contribution in [3.05, 3.63) is 76.7 Å². The maximum atomic E-state index is 13.1. The second kappa shape index (κ2) is 13.3. The Morgan fingerprint density at radius 2 is 1.70 bits per heavy atom. The van der Waals surface area contributed by atoms with E-state index in [2.05, 4.69) is 15.3 Å². The molecule has 228 valence electrons. The molecule has 1 amide bonds. The summed E-state index contributed by atoms with van der Waals surface area (Å²) in [6.45, 7) is 1.82. The molecule has 0 radical (unpaired) electrons. The number of aromatic nitrogens is 3. The van der Waals surface area contributed by atoms with E-state index < -0.39 is 0 Å². The van der Waals surface area contributed by atoms with Gasteiger partial charge in [0.25, 0.3) is 5.91 Å². The normalized spacial score (nSPS) is 11.3. The Morgan fingerprint density at radius 3 is 2.41 bits per heavy atom. The second-order valence-electron chi connectivity index (χ2n) is 10.8. The molecular weight excluding hydrogens is 576 g/mol. The molecule has 44 heavy (non-hydrogen) atoms. The van der Waals surface area contributed by atoms with E-state index in [1.54, 1.807) is 30.9 Å². The quantitative estimate of drug-likeness (QED) is 0.125. The fourth-order valence-corrected chi connectivity index (χ4v) is 5.39. The van der Waals surface area contributed by atoms with Crippen LogP contribution < -0.4 is 20.5 Å². The molecule has 0 atom stereocenters. The van der Waals surface area contributed by atoms with Crippen LogP contribution in [0.15, 0.2) is 60.7 Å². The van der Waals surface area contributed by atoms with Crippen molar-refractivity contribution in [1.82, 2.24) is 24.8 Å². The first-order chi connectivity index (χ1) is 21.2. The molecule has 0 saturated heterocycles. The number of carbonyl (C=O) groups excluding carboxylic acids is 2. The Balaban J connectivity index is 1.25. The Hall–Kier alpha value is -4.74. The zero-order valence-electron chi connectivity index (χ0n) is 25.3. The van der Waals surface area contributed by atoms with E-state index in [-0.39, 0.29) is 11.7 Å². The third-order valence-electron chi connectivity index (χ3n) is 7.55. The molecular formula is C33H36N6O4S. The number of nitrogens with zero attached hydrogens (tertiary/aromatic N) is 3. The van der Waals surface area contributed by atoms with Crippen LogP contribution in [0.2, 0.25) is 0 Å². The van der Waals surface area contributed by atoms with Gasteiger partial charge in [-0.05, 0) is 80.3 Å². The van der Waals surface area contributed by atoms with E-state index in [1.807, 2.05) is 67.5 Å². The Kier molecular flexibility index (Phi) is 9.26. The van der Waals surface area contributed by atoms with Crippen molar-refractivity contribution >= 4 is 51.5 Å². The van der Waals surface area contributed by atoms with Crippen LogP contribution in [0.3, 0.4) is 0 Å². The van der Waals surface area contributed by atoms with Crippen molar-refractivity contribution in [3.63, 3.8) is 0 Å². The number of nitrogens with one attached hydrogen (secondary N) is 2. The van der Waals surface area contributed by atoms with E-state index in [0.29, 0.717) is 70.2 Å². The summed E-state index contributed by atoms with van der Waals surface area (Å²) in [5.74, 6) is 1.46. The van der Waals surface area contributed by atoms with Gasteiger partial charge in [0.15, 0.2) is 17.3 Å². The van der Waals surface area contributed by atoms with Crippen LogP contribution in [0.1, 0.15) is 33.7 Å². The third kappa shape index (κ3) is 6.58. The highest BCUT2D eigenvalue weighted by molar-refractivity contribution is 7.71. The van der Waals surface area contributed by atoms with E-state index in [0.717, 1.165) is 28.6 Å². The lowest BCUT2D eigenvalue weighted by atomic mass is 10.0. The number of benzene rings is 3. The summed E-state index contributed by atoms with van der Waals surface area (Å²) in [5.41, 5.74) is 11.1. The van der Waals surface area contributed by atoms with E-state index in [1.165, 1.54) is 0 Å². The number of hydrogen-bond donors (Lipinski definition) is 3. The first-order valence-corrected chi connectivity index (χ1v) is 14.7. The van der Waals surface area contributed by atoms with Gasteiger partial charge >= 0.3 is 0 Å². The molecule has 4 N–H and O–H groups in total. The topological polar surface area (TPSA) is 128 Å². The third-order valence-corrected chi connectivity index (χ3v) is 7.86. The molecule has 0 fully saturated rings. The zero-order chi connectivity index (χ0) is 31.4. The van der Waals surface area contributed by atoms with E-state index in [4.69, 9.17) is 27.4 Å². The number of H-pyrrole nitrogens is 1. The number of likely N-dealkylation sites (N-methyl/N-ethyl adjacent to an activating group) is 1. The Labute approximate surface area is 260 Å². The van der Waals surface area contributed by atoms with Crippen molar-refractivity contribution in [1.29, 1.82) is 0 Å². The highest BCUT2D eigenvalue weighted by Crippen LogP contribution is 2.34. The smallest absolute Gasteiger partial charge is 0.251 e. The standard InChI is InChI=1S/C33H36N6O4S/c1-38(2)15-13-35-32(41)21-9-7-20(8-10-21)22-11-12-25-23(16-22)17-27(36-25)28(40)6-5-14-39-31(34)24-18-29(42-3)30(43-4)19-26(24)37-33(39)44/h7-12,16-19,36H,5-6,13-15,34H2,1-4H3,(H,35,41).